The van der Waals surface area contributed by atoms with E-state index in [0.29, 0.717) is 13.0 Å². The number of hydrogen-bond donors (Lipinski definition) is 2. The molecule has 0 saturated heterocycles. The van der Waals surface area contributed by atoms with Crippen molar-refractivity contribution in [2.45, 2.75) is 38.7 Å². The van der Waals surface area contributed by atoms with Gasteiger partial charge in [-0.05, 0) is 24.6 Å². The fourth-order valence-electron chi connectivity index (χ4n) is 1.97. The number of aliphatic hydroxyl groups excluding tert-OH is 1. The Kier molecular flexibility index (Phi) is 7.46. The van der Waals surface area contributed by atoms with E-state index in [9.17, 15) is 5.11 Å². The van der Waals surface area contributed by atoms with E-state index in [1.807, 2.05) is 24.3 Å². The molecule has 0 radical (unpaired) electrons. The van der Waals surface area contributed by atoms with E-state index in [2.05, 4.69) is 12.2 Å². The molecule has 0 spiro atoms. The van der Waals surface area contributed by atoms with Gasteiger partial charge in [-0.2, -0.15) is 0 Å². The molecule has 0 amide bonds. The SMILES string of the molecule is CCCCCNC[C@@H](O)Cc1ccccc1OC. The number of aliphatic hydroxyl groups is 1. The first-order chi connectivity index (χ1) is 8.77. The van der Waals surface area contributed by atoms with Crippen molar-refractivity contribution in [2.24, 2.45) is 0 Å². The van der Waals surface area contributed by atoms with Gasteiger partial charge in [-0.15, -0.1) is 0 Å². The van der Waals surface area contributed by atoms with Crippen LogP contribution in [-0.4, -0.2) is 31.4 Å². The maximum atomic E-state index is 9.96. The summed E-state index contributed by atoms with van der Waals surface area (Å²) in [6.07, 6.45) is 3.92. The minimum atomic E-state index is -0.358. The van der Waals surface area contributed by atoms with E-state index >= 15 is 0 Å². The van der Waals surface area contributed by atoms with Crippen LogP contribution in [0.2, 0.25) is 0 Å². The van der Waals surface area contributed by atoms with Gasteiger partial charge in [0.05, 0.1) is 13.2 Å². The molecule has 2 N–H and O–H groups in total. The van der Waals surface area contributed by atoms with E-state index in [4.69, 9.17) is 4.74 Å². The lowest BCUT2D eigenvalue weighted by Crippen LogP contribution is -2.29. The molecule has 1 atom stereocenters. The highest BCUT2D eigenvalue weighted by Gasteiger charge is 2.08. The molecule has 3 nitrogen and oxygen atoms in total. The Labute approximate surface area is 110 Å². The van der Waals surface area contributed by atoms with Crippen LogP contribution in [0, 0.1) is 0 Å². The third kappa shape index (κ3) is 5.52. The summed E-state index contributed by atoms with van der Waals surface area (Å²) in [6.45, 7) is 3.81. The lowest BCUT2D eigenvalue weighted by molar-refractivity contribution is 0.171. The number of rotatable bonds is 9. The number of unbranched alkanes of at least 4 members (excludes halogenated alkanes) is 2. The van der Waals surface area contributed by atoms with Crippen LogP contribution >= 0.6 is 0 Å². The van der Waals surface area contributed by atoms with E-state index in [-0.39, 0.29) is 6.10 Å². The molecule has 3 heteroatoms. The van der Waals surface area contributed by atoms with Crippen LogP contribution in [0.1, 0.15) is 31.7 Å². The van der Waals surface area contributed by atoms with Crippen molar-refractivity contribution < 1.29 is 9.84 Å². The Morgan fingerprint density at radius 1 is 1.28 bits per heavy atom. The second-order valence-electron chi connectivity index (χ2n) is 4.58. The van der Waals surface area contributed by atoms with Crippen molar-refractivity contribution >= 4 is 0 Å². The molecule has 1 rings (SSSR count). The second kappa shape index (κ2) is 8.95. The van der Waals surface area contributed by atoms with Crippen molar-refractivity contribution in [3.63, 3.8) is 0 Å². The van der Waals surface area contributed by atoms with Crippen molar-refractivity contribution in [3.05, 3.63) is 29.8 Å². The fraction of sp³-hybridized carbons (Fsp3) is 0.600. The maximum Gasteiger partial charge on any atom is 0.122 e. The van der Waals surface area contributed by atoms with Crippen LogP contribution in [0.5, 0.6) is 5.75 Å². The van der Waals surface area contributed by atoms with Crippen LogP contribution in [0.15, 0.2) is 24.3 Å². The van der Waals surface area contributed by atoms with Crippen LogP contribution in [0.3, 0.4) is 0 Å². The molecular formula is C15H25NO2. The normalized spacial score (nSPS) is 12.4. The largest absolute Gasteiger partial charge is 0.496 e. The molecule has 0 saturated carbocycles. The van der Waals surface area contributed by atoms with Crippen LogP contribution < -0.4 is 10.1 Å². The van der Waals surface area contributed by atoms with Gasteiger partial charge in [0, 0.05) is 13.0 Å². The summed E-state index contributed by atoms with van der Waals surface area (Å²) in [4.78, 5) is 0. The molecule has 18 heavy (non-hydrogen) atoms. The first kappa shape index (κ1) is 15.0. The van der Waals surface area contributed by atoms with E-state index in [1.54, 1.807) is 7.11 Å². The van der Waals surface area contributed by atoms with Crippen LogP contribution in [-0.2, 0) is 6.42 Å². The summed E-state index contributed by atoms with van der Waals surface area (Å²) >= 11 is 0. The summed E-state index contributed by atoms with van der Waals surface area (Å²) in [5, 5.41) is 13.2. The smallest absolute Gasteiger partial charge is 0.122 e. The molecule has 1 aromatic rings. The Hall–Kier alpha value is -1.06. The molecule has 0 aromatic heterocycles. The van der Waals surface area contributed by atoms with Gasteiger partial charge < -0.3 is 15.2 Å². The summed E-state index contributed by atoms with van der Waals surface area (Å²) in [6, 6.07) is 7.84. The minimum Gasteiger partial charge on any atom is -0.496 e. The Bertz CT molecular complexity index is 328. The lowest BCUT2D eigenvalue weighted by Gasteiger charge is -2.14. The number of hydrogen-bond acceptors (Lipinski definition) is 3. The molecule has 0 heterocycles. The van der Waals surface area contributed by atoms with Gasteiger partial charge in [0.25, 0.3) is 0 Å². The van der Waals surface area contributed by atoms with E-state index in [0.717, 1.165) is 17.9 Å². The highest BCUT2D eigenvalue weighted by atomic mass is 16.5. The van der Waals surface area contributed by atoms with Gasteiger partial charge in [-0.1, -0.05) is 38.0 Å². The molecule has 0 fully saturated rings. The van der Waals surface area contributed by atoms with Gasteiger partial charge in [-0.3, -0.25) is 0 Å². The Morgan fingerprint density at radius 2 is 2.06 bits per heavy atom. The monoisotopic (exact) mass is 251 g/mol. The zero-order valence-corrected chi connectivity index (χ0v) is 11.5. The zero-order chi connectivity index (χ0) is 13.2. The highest BCUT2D eigenvalue weighted by molar-refractivity contribution is 5.33. The van der Waals surface area contributed by atoms with Crippen molar-refractivity contribution in [1.82, 2.24) is 5.32 Å². The standard InChI is InChI=1S/C15H25NO2/c1-3-4-7-10-16-12-14(17)11-13-8-5-6-9-15(13)18-2/h5-6,8-9,14,16-17H,3-4,7,10-12H2,1-2H3/t14-/m0/s1. The summed E-state index contributed by atoms with van der Waals surface area (Å²) in [7, 11) is 1.66. The molecular weight excluding hydrogens is 226 g/mol. The van der Waals surface area contributed by atoms with Crippen molar-refractivity contribution in [3.8, 4) is 5.75 Å². The van der Waals surface area contributed by atoms with Gasteiger partial charge in [0.2, 0.25) is 0 Å². The Morgan fingerprint density at radius 3 is 2.78 bits per heavy atom. The molecule has 0 aliphatic heterocycles. The number of ether oxygens (including phenoxy) is 1. The van der Waals surface area contributed by atoms with Crippen molar-refractivity contribution in [2.75, 3.05) is 20.2 Å². The van der Waals surface area contributed by atoms with E-state index < -0.39 is 0 Å². The minimum absolute atomic E-state index is 0.358. The van der Waals surface area contributed by atoms with Crippen molar-refractivity contribution in [1.29, 1.82) is 0 Å². The topological polar surface area (TPSA) is 41.5 Å². The maximum absolute atomic E-state index is 9.96. The third-order valence-electron chi connectivity index (χ3n) is 2.99. The summed E-state index contributed by atoms with van der Waals surface area (Å²) < 4.78 is 5.27. The number of methoxy groups -OCH3 is 1. The third-order valence-corrected chi connectivity index (χ3v) is 2.99. The van der Waals surface area contributed by atoms with Gasteiger partial charge in [-0.25, -0.2) is 0 Å². The number of para-hydroxylation sites is 1. The van der Waals surface area contributed by atoms with Crippen LogP contribution in [0.4, 0.5) is 0 Å². The van der Waals surface area contributed by atoms with Gasteiger partial charge >= 0.3 is 0 Å². The first-order valence-corrected chi connectivity index (χ1v) is 6.78. The van der Waals surface area contributed by atoms with Gasteiger partial charge in [0.1, 0.15) is 5.75 Å². The summed E-state index contributed by atoms with van der Waals surface area (Å²) in [5.41, 5.74) is 1.06. The first-order valence-electron chi connectivity index (χ1n) is 6.78. The molecule has 1 aromatic carbocycles. The van der Waals surface area contributed by atoms with Crippen LogP contribution in [0.25, 0.3) is 0 Å². The molecule has 102 valence electrons. The van der Waals surface area contributed by atoms with E-state index in [1.165, 1.54) is 19.3 Å². The fourth-order valence-corrected chi connectivity index (χ4v) is 1.97. The lowest BCUT2D eigenvalue weighted by atomic mass is 10.1. The second-order valence-corrected chi connectivity index (χ2v) is 4.58. The molecule has 0 unspecified atom stereocenters. The predicted octanol–water partition coefficient (Wildman–Crippen LogP) is 2.38. The molecule has 0 aliphatic carbocycles. The predicted molar refractivity (Wildman–Crippen MR) is 75.1 cm³/mol. The quantitative estimate of drug-likeness (QED) is 0.662. The highest BCUT2D eigenvalue weighted by Crippen LogP contribution is 2.18. The average molecular weight is 251 g/mol. The number of benzene rings is 1. The van der Waals surface area contributed by atoms with Gasteiger partial charge in [0.15, 0.2) is 0 Å². The molecule has 0 bridgehead atoms. The average Bonchev–Trinajstić information content (AvgIpc) is 2.39. The Balaban J connectivity index is 2.28. The summed E-state index contributed by atoms with van der Waals surface area (Å²) in [5.74, 6) is 0.850. The number of nitrogens with one attached hydrogen (secondary N) is 1. The zero-order valence-electron chi connectivity index (χ0n) is 11.5. The molecule has 0 aliphatic rings.